The van der Waals surface area contributed by atoms with E-state index < -0.39 is 0 Å². The van der Waals surface area contributed by atoms with E-state index in [4.69, 9.17) is 11.5 Å². The molecule has 0 amide bonds. The Morgan fingerprint density at radius 3 is 2.52 bits per heavy atom. The SMILES string of the molecule is Nc1nc(N)c2cc(Sc3cccc4ccccc34)ccc2n1. The molecule has 4 nitrogen and oxygen atoms in total. The van der Waals surface area contributed by atoms with E-state index in [9.17, 15) is 0 Å². The maximum Gasteiger partial charge on any atom is 0.222 e. The molecule has 4 rings (SSSR count). The van der Waals surface area contributed by atoms with Gasteiger partial charge >= 0.3 is 0 Å². The Labute approximate surface area is 137 Å². The second-order valence-corrected chi connectivity index (χ2v) is 6.34. The van der Waals surface area contributed by atoms with Gasteiger partial charge in [0.25, 0.3) is 0 Å². The van der Waals surface area contributed by atoms with E-state index in [2.05, 4.69) is 52.4 Å². The van der Waals surface area contributed by atoms with Crippen molar-refractivity contribution in [1.82, 2.24) is 9.97 Å². The minimum Gasteiger partial charge on any atom is -0.383 e. The lowest BCUT2D eigenvalue weighted by Crippen LogP contribution is -2.00. The van der Waals surface area contributed by atoms with E-state index in [1.54, 1.807) is 11.8 Å². The predicted octanol–water partition coefficient (Wildman–Crippen LogP) is 4.10. The van der Waals surface area contributed by atoms with Crippen molar-refractivity contribution >= 4 is 45.2 Å². The summed E-state index contributed by atoms with van der Waals surface area (Å²) >= 11 is 1.70. The summed E-state index contributed by atoms with van der Waals surface area (Å²) in [7, 11) is 0. The average molecular weight is 318 g/mol. The second kappa shape index (κ2) is 5.44. The van der Waals surface area contributed by atoms with Crippen LogP contribution in [0.5, 0.6) is 0 Å². The van der Waals surface area contributed by atoms with Crippen molar-refractivity contribution < 1.29 is 0 Å². The third-order valence-corrected chi connectivity index (χ3v) is 4.76. The Hall–Kier alpha value is -2.79. The van der Waals surface area contributed by atoms with Gasteiger partial charge in [-0.3, -0.25) is 0 Å². The van der Waals surface area contributed by atoms with Gasteiger partial charge in [-0.1, -0.05) is 48.2 Å². The summed E-state index contributed by atoms with van der Waals surface area (Å²) in [6.07, 6.45) is 0. The highest BCUT2D eigenvalue weighted by Crippen LogP contribution is 2.35. The zero-order valence-electron chi connectivity index (χ0n) is 12.2. The smallest absolute Gasteiger partial charge is 0.222 e. The van der Waals surface area contributed by atoms with Crippen LogP contribution in [0.3, 0.4) is 0 Å². The molecule has 0 aliphatic rings. The lowest BCUT2D eigenvalue weighted by atomic mass is 10.1. The number of aromatic nitrogens is 2. The molecule has 5 heteroatoms. The summed E-state index contributed by atoms with van der Waals surface area (Å²) < 4.78 is 0. The van der Waals surface area contributed by atoms with Crippen LogP contribution in [-0.4, -0.2) is 9.97 Å². The fourth-order valence-corrected chi connectivity index (χ4v) is 3.63. The third-order valence-electron chi connectivity index (χ3n) is 3.69. The molecule has 1 heterocycles. The molecule has 112 valence electrons. The number of nitrogen functional groups attached to an aromatic ring is 2. The van der Waals surface area contributed by atoms with Crippen LogP contribution in [0.2, 0.25) is 0 Å². The molecule has 0 fully saturated rings. The molecule has 0 aliphatic heterocycles. The topological polar surface area (TPSA) is 77.8 Å². The van der Waals surface area contributed by atoms with Crippen LogP contribution in [0.4, 0.5) is 11.8 Å². The van der Waals surface area contributed by atoms with E-state index >= 15 is 0 Å². The lowest BCUT2D eigenvalue weighted by Gasteiger charge is -2.08. The first-order chi connectivity index (χ1) is 11.2. The van der Waals surface area contributed by atoms with Gasteiger partial charge in [0.2, 0.25) is 5.95 Å². The van der Waals surface area contributed by atoms with Crippen molar-refractivity contribution in [2.75, 3.05) is 11.5 Å². The van der Waals surface area contributed by atoms with Crippen LogP contribution < -0.4 is 11.5 Å². The van der Waals surface area contributed by atoms with Crippen molar-refractivity contribution in [3.63, 3.8) is 0 Å². The molecule has 0 bridgehead atoms. The molecule has 4 N–H and O–H groups in total. The van der Waals surface area contributed by atoms with Crippen LogP contribution in [0.15, 0.2) is 70.5 Å². The maximum absolute atomic E-state index is 5.97. The molecule has 0 atom stereocenters. The number of nitrogens with zero attached hydrogens (tertiary/aromatic N) is 2. The number of benzene rings is 3. The fourth-order valence-electron chi connectivity index (χ4n) is 2.62. The summed E-state index contributed by atoms with van der Waals surface area (Å²) in [6, 6.07) is 20.6. The second-order valence-electron chi connectivity index (χ2n) is 5.23. The van der Waals surface area contributed by atoms with Gasteiger partial charge in [-0.15, -0.1) is 0 Å². The minimum absolute atomic E-state index is 0.199. The van der Waals surface area contributed by atoms with Gasteiger partial charge in [-0.2, -0.15) is 4.98 Å². The number of fused-ring (bicyclic) bond motifs is 2. The van der Waals surface area contributed by atoms with E-state index in [0.717, 1.165) is 15.8 Å². The molecule has 3 aromatic carbocycles. The average Bonchev–Trinajstić information content (AvgIpc) is 2.56. The number of nitrogens with two attached hydrogens (primary N) is 2. The number of hydrogen-bond donors (Lipinski definition) is 2. The summed E-state index contributed by atoms with van der Waals surface area (Å²) in [5, 5.41) is 3.29. The third kappa shape index (κ3) is 2.55. The van der Waals surface area contributed by atoms with Crippen LogP contribution >= 0.6 is 11.8 Å². The van der Waals surface area contributed by atoms with Gasteiger partial charge in [-0.25, -0.2) is 4.98 Å². The molecule has 0 radical (unpaired) electrons. The lowest BCUT2D eigenvalue weighted by molar-refractivity contribution is 1.24. The van der Waals surface area contributed by atoms with Gasteiger partial charge in [0.1, 0.15) is 5.82 Å². The highest BCUT2D eigenvalue weighted by molar-refractivity contribution is 7.99. The number of rotatable bonds is 2. The Bertz CT molecular complexity index is 1020. The fraction of sp³-hybridized carbons (Fsp3) is 0. The van der Waals surface area contributed by atoms with Crippen LogP contribution in [-0.2, 0) is 0 Å². The predicted molar refractivity (Wildman–Crippen MR) is 96.4 cm³/mol. The minimum atomic E-state index is 0.199. The summed E-state index contributed by atoms with van der Waals surface area (Å²) in [6.45, 7) is 0. The molecule has 4 aromatic rings. The van der Waals surface area contributed by atoms with E-state index in [0.29, 0.717) is 5.82 Å². The molecule has 0 saturated carbocycles. The number of hydrogen-bond acceptors (Lipinski definition) is 5. The van der Waals surface area contributed by atoms with Gasteiger partial charge in [0, 0.05) is 15.2 Å². The largest absolute Gasteiger partial charge is 0.383 e. The van der Waals surface area contributed by atoms with E-state index in [1.165, 1.54) is 15.7 Å². The Morgan fingerprint density at radius 2 is 1.61 bits per heavy atom. The van der Waals surface area contributed by atoms with Gasteiger partial charge in [0.05, 0.1) is 5.52 Å². The van der Waals surface area contributed by atoms with Crippen molar-refractivity contribution in [3.8, 4) is 0 Å². The molecule has 1 aromatic heterocycles. The van der Waals surface area contributed by atoms with Crippen molar-refractivity contribution in [3.05, 3.63) is 60.7 Å². The van der Waals surface area contributed by atoms with Crippen LogP contribution in [0, 0.1) is 0 Å². The van der Waals surface area contributed by atoms with E-state index in [1.807, 2.05) is 18.2 Å². The molecule has 0 aliphatic carbocycles. The first-order valence-electron chi connectivity index (χ1n) is 7.19. The molecular formula is C18H14N4S. The van der Waals surface area contributed by atoms with Crippen molar-refractivity contribution in [2.45, 2.75) is 9.79 Å². The standard InChI is InChI=1S/C18H14N4S/c19-17-14-10-12(8-9-15(14)21-18(20)22-17)23-16-7-3-5-11-4-1-2-6-13(11)16/h1-10H,(H4,19,20,21,22). The van der Waals surface area contributed by atoms with Gasteiger partial charge < -0.3 is 11.5 Å². The van der Waals surface area contributed by atoms with Gasteiger partial charge in [0.15, 0.2) is 0 Å². The Balaban J connectivity index is 1.80. The summed E-state index contributed by atoms with van der Waals surface area (Å²) in [5.74, 6) is 0.609. The van der Waals surface area contributed by atoms with Crippen molar-refractivity contribution in [1.29, 1.82) is 0 Å². The van der Waals surface area contributed by atoms with Crippen LogP contribution in [0.1, 0.15) is 0 Å². The molecular weight excluding hydrogens is 304 g/mol. The molecule has 23 heavy (non-hydrogen) atoms. The van der Waals surface area contributed by atoms with Crippen LogP contribution in [0.25, 0.3) is 21.7 Å². The Morgan fingerprint density at radius 1 is 0.783 bits per heavy atom. The van der Waals surface area contributed by atoms with E-state index in [-0.39, 0.29) is 5.95 Å². The molecule has 0 saturated heterocycles. The Kier molecular flexibility index (Phi) is 3.28. The maximum atomic E-state index is 5.97. The summed E-state index contributed by atoms with van der Waals surface area (Å²) in [5.41, 5.74) is 12.4. The van der Waals surface area contributed by atoms with Gasteiger partial charge in [-0.05, 0) is 35.0 Å². The normalized spacial score (nSPS) is 11.1. The first kappa shape index (κ1) is 13.8. The monoisotopic (exact) mass is 318 g/mol. The zero-order chi connectivity index (χ0) is 15.8. The quantitative estimate of drug-likeness (QED) is 0.582. The number of anilines is 2. The molecule has 0 spiro atoms. The highest BCUT2D eigenvalue weighted by atomic mass is 32.2. The van der Waals surface area contributed by atoms with Crippen molar-refractivity contribution in [2.24, 2.45) is 0 Å². The summed E-state index contributed by atoms with van der Waals surface area (Å²) in [4.78, 5) is 10.5. The molecule has 0 unspecified atom stereocenters. The zero-order valence-corrected chi connectivity index (χ0v) is 13.0. The highest BCUT2D eigenvalue weighted by Gasteiger charge is 2.07. The first-order valence-corrected chi connectivity index (χ1v) is 8.01.